The van der Waals surface area contributed by atoms with Crippen molar-refractivity contribution in [2.75, 3.05) is 18.4 Å². The summed E-state index contributed by atoms with van der Waals surface area (Å²) in [5, 5.41) is 3.20. The van der Waals surface area contributed by atoms with Gasteiger partial charge in [-0.05, 0) is 25.7 Å². The minimum absolute atomic E-state index is 0.0892. The molecule has 0 bridgehead atoms. The maximum atomic E-state index is 12.4. The lowest BCUT2D eigenvalue weighted by Gasteiger charge is -2.27. The zero-order valence-electron chi connectivity index (χ0n) is 12.9. The van der Waals surface area contributed by atoms with Crippen LogP contribution >= 0.6 is 0 Å². The van der Waals surface area contributed by atoms with E-state index in [0.717, 1.165) is 25.9 Å². The second kappa shape index (κ2) is 6.76. The van der Waals surface area contributed by atoms with E-state index in [4.69, 9.17) is 5.73 Å². The molecule has 1 aliphatic heterocycles. The zero-order chi connectivity index (χ0) is 16.2. The number of rotatable bonds is 4. The van der Waals surface area contributed by atoms with Crippen LogP contribution in [0.5, 0.6) is 0 Å². The van der Waals surface area contributed by atoms with Crippen LogP contribution in [-0.4, -0.2) is 45.8 Å². The monoisotopic (exact) mass is 315 g/mol. The highest BCUT2D eigenvalue weighted by Gasteiger charge is 2.28. The molecular formula is C16H21N5O2. The maximum Gasteiger partial charge on any atom is 0.274 e. The van der Waals surface area contributed by atoms with Gasteiger partial charge < -0.3 is 16.0 Å². The van der Waals surface area contributed by atoms with Gasteiger partial charge in [0.25, 0.3) is 5.91 Å². The highest BCUT2D eigenvalue weighted by atomic mass is 16.2. The van der Waals surface area contributed by atoms with Crippen molar-refractivity contribution in [3.8, 4) is 0 Å². The van der Waals surface area contributed by atoms with Crippen molar-refractivity contribution in [3.63, 3.8) is 0 Å². The van der Waals surface area contributed by atoms with E-state index in [-0.39, 0.29) is 23.8 Å². The van der Waals surface area contributed by atoms with Crippen LogP contribution in [0.3, 0.4) is 0 Å². The molecule has 0 saturated carbocycles. The summed E-state index contributed by atoms with van der Waals surface area (Å²) in [6.45, 7) is 1.55. The van der Waals surface area contributed by atoms with Crippen molar-refractivity contribution in [3.05, 3.63) is 30.2 Å². The number of amides is 2. The lowest BCUT2D eigenvalue weighted by atomic mass is 9.88. The number of nitrogens with two attached hydrogens (primary N) is 1. The molecule has 122 valence electrons. The Labute approximate surface area is 135 Å². The molecule has 1 aliphatic carbocycles. The van der Waals surface area contributed by atoms with Gasteiger partial charge in [-0.1, -0.05) is 12.2 Å². The van der Waals surface area contributed by atoms with Gasteiger partial charge in [-0.3, -0.25) is 14.6 Å². The van der Waals surface area contributed by atoms with Crippen molar-refractivity contribution in [2.24, 2.45) is 11.7 Å². The molecule has 7 nitrogen and oxygen atoms in total. The topological polar surface area (TPSA) is 101 Å². The first-order valence-electron chi connectivity index (χ1n) is 7.97. The molecule has 2 heterocycles. The molecule has 1 saturated heterocycles. The van der Waals surface area contributed by atoms with Crippen LogP contribution in [0, 0.1) is 5.92 Å². The van der Waals surface area contributed by atoms with Crippen LogP contribution in [0.1, 0.15) is 36.2 Å². The number of aromatic nitrogens is 2. The van der Waals surface area contributed by atoms with Crippen molar-refractivity contribution in [2.45, 2.75) is 31.7 Å². The van der Waals surface area contributed by atoms with Gasteiger partial charge in [0.1, 0.15) is 11.5 Å². The quantitative estimate of drug-likeness (QED) is 0.805. The summed E-state index contributed by atoms with van der Waals surface area (Å²) in [4.78, 5) is 34.2. The van der Waals surface area contributed by atoms with E-state index in [1.54, 1.807) is 11.1 Å². The number of hydrogen-bond acceptors (Lipinski definition) is 5. The molecule has 0 aromatic carbocycles. The smallest absolute Gasteiger partial charge is 0.274 e. The van der Waals surface area contributed by atoms with Gasteiger partial charge in [0.15, 0.2) is 0 Å². The zero-order valence-corrected chi connectivity index (χ0v) is 12.9. The van der Waals surface area contributed by atoms with Crippen molar-refractivity contribution in [1.29, 1.82) is 0 Å². The molecule has 1 fully saturated rings. The standard InChI is InChI=1S/C16H21N5O2/c17-15(22)11-5-1-2-6-12(11)19-14-10-18-9-13(20-14)16(23)21-7-3-4-8-21/h1-2,9-12H,3-8H2,(H2,17,22)(H,19,20)/t11-,12-/m1/s1. The molecule has 3 rings (SSSR count). The molecule has 2 amide bonds. The lowest BCUT2D eigenvalue weighted by molar-refractivity contribution is -0.122. The Bertz CT molecular complexity index is 625. The Balaban J connectivity index is 1.73. The van der Waals surface area contributed by atoms with Crippen LogP contribution in [0.2, 0.25) is 0 Å². The van der Waals surface area contributed by atoms with Crippen LogP contribution in [0.15, 0.2) is 24.5 Å². The molecule has 0 radical (unpaired) electrons. The largest absolute Gasteiger partial charge is 0.369 e. The fraction of sp³-hybridized carbons (Fsp3) is 0.500. The minimum atomic E-state index is -0.330. The first-order valence-corrected chi connectivity index (χ1v) is 7.97. The Kier molecular flexibility index (Phi) is 4.55. The average molecular weight is 315 g/mol. The Hall–Kier alpha value is -2.44. The molecule has 2 atom stereocenters. The number of primary amides is 1. The van der Waals surface area contributed by atoms with Crippen LogP contribution in [-0.2, 0) is 4.79 Å². The van der Waals surface area contributed by atoms with Gasteiger partial charge in [0, 0.05) is 19.1 Å². The van der Waals surface area contributed by atoms with Gasteiger partial charge in [0.05, 0.1) is 18.3 Å². The summed E-state index contributed by atoms with van der Waals surface area (Å²) >= 11 is 0. The number of allylic oxidation sites excluding steroid dienone is 1. The highest BCUT2D eigenvalue weighted by molar-refractivity contribution is 5.92. The molecule has 0 spiro atoms. The molecular weight excluding hydrogens is 294 g/mol. The summed E-state index contributed by atoms with van der Waals surface area (Å²) in [5.41, 5.74) is 5.79. The number of nitrogens with one attached hydrogen (secondary N) is 1. The normalized spacial score (nSPS) is 23.7. The van der Waals surface area contributed by atoms with Crippen molar-refractivity contribution < 1.29 is 9.59 Å². The summed E-state index contributed by atoms with van der Waals surface area (Å²) in [5.74, 6) is -0.195. The predicted octanol–water partition coefficient (Wildman–Crippen LogP) is 0.945. The number of carbonyl (C=O) groups excluding carboxylic acids is 2. The second-order valence-corrected chi connectivity index (χ2v) is 5.99. The first-order chi connectivity index (χ1) is 11.1. The van der Waals surface area contributed by atoms with E-state index in [9.17, 15) is 9.59 Å². The third-order valence-corrected chi connectivity index (χ3v) is 4.38. The summed E-state index contributed by atoms with van der Waals surface area (Å²) in [7, 11) is 0. The summed E-state index contributed by atoms with van der Waals surface area (Å²) in [6, 6.07) is -0.121. The number of nitrogens with zero attached hydrogens (tertiary/aromatic N) is 3. The molecule has 7 heteroatoms. The van der Waals surface area contributed by atoms with Crippen LogP contribution in [0.4, 0.5) is 5.82 Å². The third kappa shape index (κ3) is 3.49. The third-order valence-electron chi connectivity index (χ3n) is 4.38. The van der Waals surface area contributed by atoms with E-state index in [0.29, 0.717) is 24.4 Å². The molecule has 2 aliphatic rings. The molecule has 23 heavy (non-hydrogen) atoms. The van der Waals surface area contributed by atoms with Gasteiger partial charge in [-0.25, -0.2) is 4.98 Å². The number of likely N-dealkylation sites (tertiary alicyclic amines) is 1. The average Bonchev–Trinajstić information content (AvgIpc) is 3.09. The SMILES string of the molecule is NC(=O)[C@@H]1CC=CC[C@H]1Nc1cncc(C(=O)N2CCCC2)n1. The molecule has 1 aromatic heterocycles. The van der Waals surface area contributed by atoms with Crippen LogP contribution in [0.25, 0.3) is 0 Å². The van der Waals surface area contributed by atoms with E-state index >= 15 is 0 Å². The van der Waals surface area contributed by atoms with Crippen molar-refractivity contribution in [1.82, 2.24) is 14.9 Å². The number of carbonyl (C=O) groups is 2. The molecule has 1 aromatic rings. The maximum absolute atomic E-state index is 12.4. The van der Waals surface area contributed by atoms with Gasteiger partial charge in [-0.2, -0.15) is 0 Å². The molecule has 0 unspecified atom stereocenters. The van der Waals surface area contributed by atoms with Gasteiger partial charge in [-0.15, -0.1) is 0 Å². The number of anilines is 1. The van der Waals surface area contributed by atoms with E-state index < -0.39 is 0 Å². The highest BCUT2D eigenvalue weighted by Crippen LogP contribution is 2.22. The fourth-order valence-electron chi connectivity index (χ4n) is 3.10. The minimum Gasteiger partial charge on any atom is -0.369 e. The summed E-state index contributed by atoms with van der Waals surface area (Å²) in [6.07, 6.45) is 10.4. The van der Waals surface area contributed by atoms with Crippen molar-refractivity contribution >= 4 is 17.6 Å². The Morgan fingerprint density at radius 3 is 2.65 bits per heavy atom. The van der Waals surface area contributed by atoms with E-state index in [1.165, 1.54) is 6.20 Å². The lowest BCUT2D eigenvalue weighted by Crippen LogP contribution is -2.39. The van der Waals surface area contributed by atoms with Gasteiger partial charge in [0.2, 0.25) is 5.91 Å². The first kappa shape index (κ1) is 15.5. The fourth-order valence-corrected chi connectivity index (χ4v) is 3.10. The predicted molar refractivity (Wildman–Crippen MR) is 85.6 cm³/mol. The Morgan fingerprint density at radius 2 is 1.91 bits per heavy atom. The van der Waals surface area contributed by atoms with Gasteiger partial charge >= 0.3 is 0 Å². The van der Waals surface area contributed by atoms with E-state index in [1.807, 2.05) is 12.2 Å². The molecule has 3 N–H and O–H groups in total. The summed E-state index contributed by atoms with van der Waals surface area (Å²) < 4.78 is 0. The Morgan fingerprint density at radius 1 is 1.17 bits per heavy atom. The van der Waals surface area contributed by atoms with Crippen LogP contribution < -0.4 is 11.1 Å². The number of hydrogen-bond donors (Lipinski definition) is 2. The second-order valence-electron chi connectivity index (χ2n) is 5.99. The van der Waals surface area contributed by atoms with E-state index in [2.05, 4.69) is 15.3 Å².